The van der Waals surface area contributed by atoms with Gasteiger partial charge in [-0.3, -0.25) is 0 Å². The van der Waals surface area contributed by atoms with Crippen LogP contribution in [0.4, 0.5) is 20.2 Å². The lowest BCUT2D eigenvalue weighted by Crippen LogP contribution is -2.32. The van der Waals surface area contributed by atoms with Gasteiger partial charge in [0.05, 0.1) is 11.4 Å². The van der Waals surface area contributed by atoms with Crippen LogP contribution >= 0.6 is 0 Å². The van der Waals surface area contributed by atoms with Crippen molar-refractivity contribution in [2.24, 2.45) is 11.8 Å². The molecule has 0 heterocycles. The van der Waals surface area contributed by atoms with Crippen molar-refractivity contribution in [2.75, 3.05) is 23.7 Å². The summed E-state index contributed by atoms with van der Waals surface area (Å²) in [5, 5.41) is 0. The van der Waals surface area contributed by atoms with Gasteiger partial charge in [0.25, 0.3) is 0 Å². The molecule has 0 aliphatic carbocycles. The number of hydrogen-bond acceptors (Lipinski definition) is 2. The molecule has 4 heteroatoms. The number of nitrogen functional groups attached to an aromatic ring is 1. The summed E-state index contributed by atoms with van der Waals surface area (Å²) in [4.78, 5) is 1.84. The lowest BCUT2D eigenvalue weighted by atomic mass is 10.1. The second kappa shape index (κ2) is 6.03. The first-order chi connectivity index (χ1) is 8.32. The second-order valence-electron chi connectivity index (χ2n) is 5.49. The second-order valence-corrected chi connectivity index (χ2v) is 5.49. The van der Waals surface area contributed by atoms with Crippen LogP contribution in [0.1, 0.15) is 27.7 Å². The minimum atomic E-state index is -0.851. The van der Waals surface area contributed by atoms with Crippen LogP contribution in [0, 0.1) is 23.5 Å². The Bertz CT molecular complexity index is 393. The highest BCUT2D eigenvalue weighted by Gasteiger charge is 2.20. The average molecular weight is 256 g/mol. The molecule has 0 saturated carbocycles. The zero-order chi connectivity index (χ0) is 13.9. The fourth-order valence-electron chi connectivity index (χ4n) is 2.01. The van der Waals surface area contributed by atoms with Crippen molar-refractivity contribution in [3.8, 4) is 0 Å². The average Bonchev–Trinajstić information content (AvgIpc) is 2.22. The number of hydrogen-bond donors (Lipinski definition) is 1. The molecular formula is C14H22F2N2. The van der Waals surface area contributed by atoms with E-state index in [1.54, 1.807) is 0 Å². The van der Waals surface area contributed by atoms with E-state index in [-0.39, 0.29) is 11.4 Å². The summed E-state index contributed by atoms with van der Waals surface area (Å²) >= 11 is 0. The Morgan fingerprint density at radius 3 is 2.00 bits per heavy atom. The van der Waals surface area contributed by atoms with Gasteiger partial charge in [-0.15, -0.1) is 0 Å². The molecule has 0 radical (unpaired) electrons. The van der Waals surface area contributed by atoms with Gasteiger partial charge in [-0.1, -0.05) is 27.7 Å². The molecule has 0 spiro atoms. The van der Waals surface area contributed by atoms with Gasteiger partial charge in [0.15, 0.2) is 11.6 Å². The third-order valence-electron chi connectivity index (χ3n) is 2.59. The molecule has 1 rings (SSSR count). The molecule has 0 atom stereocenters. The highest BCUT2D eigenvalue weighted by atomic mass is 19.2. The Morgan fingerprint density at radius 2 is 1.56 bits per heavy atom. The van der Waals surface area contributed by atoms with Crippen molar-refractivity contribution in [2.45, 2.75) is 27.7 Å². The minimum Gasteiger partial charge on any atom is -0.397 e. The maximum Gasteiger partial charge on any atom is 0.184 e. The number of nitrogens with zero attached hydrogens (tertiary/aromatic N) is 1. The van der Waals surface area contributed by atoms with Crippen molar-refractivity contribution in [3.05, 3.63) is 23.8 Å². The molecular weight excluding hydrogens is 234 g/mol. The monoisotopic (exact) mass is 256 g/mol. The zero-order valence-electron chi connectivity index (χ0n) is 11.5. The third-order valence-corrected chi connectivity index (χ3v) is 2.59. The van der Waals surface area contributed by atoms with Gasteiger partial charge in [0.1, 0.15) is 0 Å². The van der Waals surface area contributed by atoms with Crippen LogP contribution in [-0.4, -0.2) is 13.1 Å². The predicted molar refractivity (Wildman–Crippen MR) is 72.7 cm³/mol. The van der Waals surface area contributed by atoms with E-state index < -0.39 is 11.6 Å². The van der Waals surface area contributed by atoms with E-state index in [2.05, 4.69) is 0 Å². The third kappa shape index (κ3) is 3.59. The summed E-state index contributed by atoms with van der Waals surface area (Å²) in [6, 6.07) is 2.48. The fourth-order valence-corrected chi connectivity index (χ4v) is 2.01. The number of nitrogens with two attached hydrogens (primary N) is 1. The summed E-state index contributed by atoms with van der Waals surface area (Å²) in [5.74, 6) is -0.996. The number of rotatable bonds is 5. The van der Waals surface area contributed by atoms with Crippen LogP contribution in [0.2, 0.25) is 0 Å². The predicted octanol–water partition coefficient (Wildman–Crippen LogP) is 3.67. The van der Waals surface area contributed by atoms with Crippen LogP contribution < -0.4 is 10.6 Å². The van der Waals surface area contributed by atoms with E-state index in [0.717, 1.165) is 6.07 Å². The molecule has 0 saturated heterocycles. The Labute approximate surface area is 108 Å². The fraction of sp³-hybridized carbons (Fsp3) is 0.571. The van der Waals surface area contributed by atoms with E-state index >= 15 is 0 Å². The van der Waals surface area contributed by atoms with E-state index in [4.69, 9.17) is 5.73 Å². The van der Waals surface area contributed by atoms with Gasteiger partial charge in [-0.25, -0.2) is 8.78 Å². The first-order valence-corrected chi connectivity index (χ1v) is 6.31. The molecule has 0 unspecified atom stereocenters. The molecule has 2 N–H and O–H groups in total. The summed E-state index contributed by atoms with van der Waals surface area (Å²) in [6.07, 6.45) is 0. The topological polar surface area (TPSA) is 29.3 Å². The van der Waals surface area contributed by atoms with E-state index in [9.17, 15) is 8.78 Å². The molecule has 1 aromatic carbocycles. The number of benzene rings is 1. The lowest BCUT2D eigenvalue weighted by Gasteiger charge is -2.29. The highest BCUT2D eigenvalue weighted by Crippen LogP contribution is 2.30. The van der Waals surface area contributed by atoms with Crippen LogP contribution in [0.15, 0.2) is 12.1 Å². The van der Waals surface area contributed by atoms with E-state index in [1.807, 2.05) is 32.6 Å². The molecule has 1 aromatic rings. The van der Waals surface area contributed by atoms with Gasteiger partial charge in [-0.2, -0.15) is 0 Å². The first-order valence-electron chi connectivity index (χ1n) is 6.31. The molecule has 18 heavy (non-hydrogen) atoms. The lowest BCUT2D eigenvalue weighted by molar-refractivity contribution is 0.494. The van der Waals surface area contributed by atoms with Crippen molar-refractivity contribution in [1.82, 2.24) is 0 Å². The maximum atomic E-state index is 13.9. The van der Waals surface area contributed by atoms with Gasteiger partial charge >= 0.3 is 0 Å². The molecule has 0 aromatic heterocycles. The minimum absolute atomic E-state index is 0.192. The quantitative estimate of drug-likeness (QED) is 0.814. The van der Waals surface area contributed by atoms with E-state index in [1.165, 1.54) is 6.07 Å². The van der Waals surface area contributed by atoms with Crippen LogP contribution in [-0.2, 0) is 0 Å². The van der Waals surface area contributed by atoms with Crippen molar-refractivity contribution in [3.63, 3.8) is 0 Å². The molecule has 2 nitrogen and oxygen atoms in total. The van der Waals surface area contributed by atoms with Crippen LogP contribution in [0.5, 0.6) is 0 Å². The summed E-state index contributed by atoms with van der Waals surface area (Å²) in [7, 11) is 0. The Kier molecular flexibility index (Phi) is 4.93. The maximum absolute atomic E-state index is 13.9. The van der Waals surface area contributed by atoms with Crippen molar-refractivity contribution >= 4 is 11.4 Å². The summed E-state index contributed by atoms with van der Waals surface area (Å²) < 4.78 is 27.3. The Hall–Kier alpha value is -1.32. The van der Waals surface area contributed by atoms with Gasteiger partial charge in [0.2, 0.25) is 0 Å². The smallest absolute Gasteiger partial charge is 0.184 e. The molecule has 0 fully saturated rings. The van der Waals surface area contributed by atoms with Gasteiger partial charge in [-0.05, 0) is 24.0 Å². The Balaban J connectivity index is 3.15. The van der Waals surface area contributed by atoms with Crippen LogP contribution in [0.3, 0.4) is 0 Å². The largest absolute Gasteiger partial charge is 0.397 e. The van der Waals surface area contributed by atoms with Crippen molar-refractivity contribution < 1.29 is 8.78 Å². The molecule has 0 bridgehead atoms. The first kappa shape index (κ1) is 14.7. The van der Waals surface area contributed by atoms with E-state index in [0.29, 0.717) is 24.9 Å². The molecule has 0 aliphatic heterocycles. The zero-order valence-corrected chi connectivity index (χ0v) is 11.5. The SMILES string of the molecule is CC(C)CN(CC(C)C)c1c(N)ccc(F)c1F. The molecule has 0 amide bonds. The van der Waals surface area contributed by atoms with Crippen LogP contribution in [0.25, 0.3) is 0 Å². The summed E-state index contributed by atoms with van der Waals surface area (Å²) in [5.41, 5.74) is 6.27. The number of anilines is 2. The highest BCUT2D eigenvalue weighted by molar-refractivity contribution is 5.68. The van der Waals surface area contributed by atoms with Gasteiger partial charge < -0.3 is 10.6 Å². The molecule has 102 valence electrons. The van der Waals surface area contributed by atoms with Gasteiger partial charge in [0, 0.05) is 13.1 Å². The number of halogens is 2. The normalized spacial score (nSPS) is 11.3. The standard InChI is InChI=1S/C14H22F2N2/c1-9(2)7-18(8-10(3)4)14-12(17)6-5-11(15)13(14)16/h5-6,9-10H,7-8,17H2,1-4H3. The Morgan fingerprint density at radius 1 is 1.06 bits per heavy atom. The van der Waals surface area contributed by atoms with Crippen molar-refractivity contribution in [1.29, 1.82) is 0 Å². The summed E-state index contributed by atoms with van der Waals surface area (Å²) in [6.45, 7) is 9.48. The molecule has 0 aliphatic rings.